The molecule has 2 fully saturated rings. The maximum absolute atomic E-state index is 12.2. The van der Waals surface area contributed by atoms with Crippen LogP contribution in [0.3, 0.4) is 0 Å². The van der Waals surface area contributed by atoms with E-state index in [4.69, 9.17) is 5.73 Å². The van der Waals surface area contributed by atoms with E-state index in [-0.39, 0.29) is 6.04 Å². The van der Waals surface area contributed by atoms with Crippen molar-refractivity contribution < 1.29 is 8.42 Å². The number of nitrogens with two attached hydrogens (primary N) is 1. The molecule has 0 radical (unpaired) electrons. The number of hydrogen-bond donors (Lipinski definition) is 2. The third-order valence-electron chi connectivity index (χ3n) is 4.58. The fourth-order valence-electron chi connectivity index (χ4n) is 3.02. The first-order valence-electron chi connectivity index (χ1n) is 7.49. The molecule has 1 aliphatic heterocycles. The second kappa shape index (κ2) is 6.52. The molecule has 0 aromatic heterocycles. The Morgan fingerprint density at radius 2 is 1.79 bits per heavy atom. The minimum atomic E-state index is -3.30. The van der Waals surface area contributed by atoms with Gasteiger partial charge in [-0.05, 0) is 37.5 Å². The summed E-state index contributed by atoms with van der Waals surface area (Å²) in [6.45, 7) is 3.97. The summed E-state index contributed by atoms with van der Waals surface area (Å²) in [4.78, 5) is 0. The summed E-state index contributed by atoms with van der Waals surface area (Å²) < 4.78 is 28.8. The maximum atomic E-state index is 12.2. The highest BCUT2D eigenvalue weighted by Gasteiger charge is 2.28. The van der Waals surface area contributed by atoms with E-state index in [0.717, 1.165) is 25.7 Å². The monoisotopic (exact) mass is 289 g/mol. The van der Waals surface area contributed by atoms with E-state index in [9.17, 15) is 8.42 Å². The van der Waals surface area contributed by atoms with Gasteiger partial charge in [-0.15, -0.1) is 0 Å². The van der Waals surface area contributed by atoms with Gasteiger partial charge >= 0.3 is 0 Å². The number of hydrogen-bond acceptors (Lipinski definition) is 3. The number of nitrogens with zero attached hydrogens (tertiary/aromatic N) is 1. The lowest BCUT2D eigenvalue weighted by molar-refractivity contribution is 0.277. The molecule has 2 rings (SSSR count). The highest BCUT2D eigenvalue weighted by Crippen LogP contribution is 2.23. The summed E-state index contributed by atoms with van der Waals surface area (Å²) in [5.74, 6) is 0.936. The van der Waals surface area contributed by atoms with Crippen molar-refractivity contribution in [1.29, 1.82) is 0 Å². The third-order valence-corrected chi connectivity index (χ3v) is 6.15. The van der Waals surface area contributed by atoms with Crippen molar-refractivity contribution in [2.75, 3.05) is 19.6 Å². The molecule has 1 aliphatic carbocycles. The van der Waals surface area contributed by atoms with Crippen LogP contribution in [-0.2, 0) is 10.2 Å². The van der Waals surface area contributed by atoms with Crippen LogP contribution in [0.15, 0.2) is 0 Å². The van der Waals surface area contributed by atoms with Crippen molar-refractivity contribution in [2.24, 2.45) is 17.6 Å². The van der Waals surface area contributed by atoms with Gasteiger partial charge in [0, 0.05) is 25.7 Å². The molecule has 1 saturated heterocycles. The summed E-state index contributed by atoms with van der Waals surface area (Å²) in [5, 5.41) is 0. The zero-order valence-electron chi connectivity index (χ0n) is 11.8. The Morgan fingerprint density at radius 3 is 2.42 bits per heavy atom. The molecule has 2 atom stereocenters. The lowest BCUT2D eigenvalue weighted by Crippen LogP contribution is -2.48. The summed E-state index contributed by atoms with van der Waals surface area (Å²) in [7, 11) is -3.30. The van der Waals surface area contributed by atoms with E-state index in [0.29, 0.717) is 31.5 Å². The van der Waals surface area contributed by atoms with Crippen LogP contribution in [0.4, 0.5) is 0 Å². The summed E-state index contributed by atoms with van der Waals surface area (Å²) in [5.41, 5.74) is 6.06. The minimum Gasteiger partial charge on any atom is -0.327 e. The molecular weight excluding hydrogens is 262 g/mol. The van der Waals surface area contributed by atoms with Crippen LogP contribution in [0.1, 0.15) is 45.4 Å². The van der Waals surface area contributed by atoms with Crippen molar-refractivity contribution in [2.45, 2.75) is 51.5 Å². The van der Waals surface area contributed by atoms with Crippen molar-refractivity contribution in [1.82, 2.24) is 9.03 Å². The van der Waals surface area contributed by atoms with Crippen LogP contribution in [0.2, 0.25) is 0 Å². The van der Waals surface area contributed by atoms with Crippen molar-refractivity contribution in [3.05, 3.63) is 0 Å². The first kappa shape index (κ1) is 15.2. The molecule has 0 spiro atoms. The fraction of sp³-hybridized carbons (Fsp3) is 1.00. The quantitative estimate of drug-likeness (QED) is 0.813. The highest BCUT2D eigenvalue weighted by molar-refractivity contribution is 7.87. The van der Waals surface area contributed by atoms with Gasteiger partial charge < -0.3 is 5.73 Å². The van der Waals surface area contributed by atoms with Gasteiger partial charge in [-0.25, -0.2) is 4.72 Å². The SMILES string of the molecule is CC1CCN(S(=O)(=O)NCC2CCCCC2N)CC1. The number of rotatable bonds is 4. The molecule has 5 nitrogen and oxygen atoms in total. The zero-order chi connectivity index (χ0) is 13.9. The number of piperidine rings is 1. The predicted octanol–water partition coefficient (Wildman–Crippen LogP) is 1.07. The molecule has 0 bridgehead atoms. The van der Waals surface area contributed by atoms with Gasteiger partial charge in [0.2, 0.25) is 0 Å². The van der Waals surface area contributed by atoms with E-state index in [1.54, 1.807) is 4.31 Å². The van der Waals surface area contributed by atoms with Crippen LogP contribution >= 0.6 is 0 Å². The Balaban J connectivity index is 1.83. The van der Waals surface area contributed by atoms with Crippen LogP contribution in [0.5, 0.6) is 0 Å². The van der Waals surface area contributed by atoms with Gasteiger partial charge in [0.25, 0.3) is 10.2 Å². The van der Waals surface area contributed by atoms with Crippen LogP contribution in [0, 0.1) is 11.8 Å². The lowest BCUT2D eigenvalue weighted by atomic mass is 9.85. The van der Waals surface area contributed by atoms with Crippen LogP contribution in [0.25, 0.3) is 0 Å². The molecule has 3 N–H and O–H groups in total. The smallest absolute Gasteiger partial charge is 0.279 e. The van der Waals surface area contributed by atoms with E-state index in [2.05, 4.69) is 11.6 Å². The zero-order valence-corrected chi connectivity index (χ0v) is 12.7. The molecule has 2 aliphatic rings. The Labute approximate surface area is 117 Å². The summed E-state index contributed by atoms with van der Waals surface area (Å²) >= 11 is 0. The minimum absolute atomic E-state index is 0.151. The van der Waals surface area contributed by atoms with Crippen LogP contribution < -0.4 is 10.5 Å². The Kier molecular flexibility index (Phi) is 5.22. The molecular formula is C13H27N3O2S. The number of nitrogens with one attached hydrogen (secondary N) is 1. The molecule has 0 aromatic rings. The normalized spacial score (nSPS) is 31.5. The van der Waals surface area contributed by atoms with Gasteiger partial charge in [-0.2, -0.15) is 12.7 Å². The molecule has 0 aromatic carbocycles. The molecule has 1 saturated carbocycles. The lowest BCUT2D eigenvalue weighted by Gasteiger charge is -2.32. The highest BCUT2D eigenvalue weighted by atomic mass is 32.2. The molecule has 2 unspecified atom stereocenters. The first-order valence-corrected chi connectivity index (χ1v) is 8.93. The van der Waals surface area contributed by atoms with Crippen molar-refractivity contribution in [3.63, 3.8) is 0 Å². The van der Waals surface area contributed by atoms with Gasteiger partial charge in [-0.3, -0.25) is 0 Å². The average Bonchev–Trinajstić information content (AvgIpc) is 2.38. The van der Waals surface area contributed by atoms with Crippen molar-refractivity contribution in [3.8, 4) is 0 Å². The molecule has 19 heavy (non-hydrogen) atoms. The Bertz CT molecular complexity index is 377. The van der Waals surface area contributed by atoms with Gasteiger partial charge in [0.05, 0.1) is 0 Å². The molecule has 6 heteroatoms. The average molecular weight is 289 g/mol. The van der Waals surface area contributed by atoms with Gasteiger partial charge in [0.15, 0.2) is 0 Å². The van der Waals surface area contributed by atoms with Crippen molar-refractivity contribution >= 4 is 10.2 Å². The summed E-state index contributed by atoms with van der Waals surface area (Å²) in [6.07, 6.45) is 6.33. The van der Waals surface area contributed by atoms with E-state index in [1.165, 1.54) is 12.8 Å². The Morgan fingerprint density at radius 1 is 1.16 bits per heavy atom. The van der Waals surface area contributed by atoms with E-state index < -0.39 is 10.2 Å². The Hall–Kier alpha value is -0.170. The van der Waals surface area contributed by atoms with E-state index >= 15 is 0 Å². The standard InChI is InChI=1S/C13H27N3O2S/c1-11-6-8-16(9-7-11)19(17,18)15-10-12-4-2-3-5-13(12)14/h11-13,15H,2-10,14H2,1H3. The molecule has 0 amide bonds. The van der Waals surface area contributed by atoms with E-state index in [1.807, 2.05) is 0 Å². The second-order valence-corrected chi connectivity index (χ2v) is 7.90. The maximum Gasteiger partial charge on any atom is 0.279 e. The first-order chi connectivity index (χ1) is 8.99. The second-order valence-electron chi connectivity index (χ2n) is 6.14. The fourth-order valence-corrected chi connectivity index (χ4v) is 4.32. The predicted molar refractivity (Wildman–Crippen MR) is 76.8 cm³/mol. The molecule has 1 heterocycles. The third kappa shape index (κ3) is 4.15. The van der Waals surface area contributed by atoms with Crippen LogP contribution in [-0.4, -0.2) is 38.4 Å². The topological polar surface area (TPSA) is 75.4 Å². The van der Waals surface area contributed by atoms with Gasteiger partial charge in [0.1, 0.15) is 0 Å². The largest absolute Gasteiger partial charge is 0.327 e. The summed E-state index contributed by atoms with van der Waals surface area (Å²) in [6, 6.07) is 0.151. The van der Waals surface area contributed by atoms with Gasteiger partial charge in [-0.1, -0.05) is 19.8 Å². The molecule has 112 valence electrons.